The minimum absolute atomic E-state index is 0.0870. The molecule has 2 rings (SSSR count). The Kier molecular flexibility index (Phi) is 5.04. The van der Waals surface area contributed by atoms with Crippen LogP contribution in [0.2, 0.25) is 0 Å². The number of carboxylic acid groups (broad SMARTS) is 1. The second kappa shape index (κ2) is 6.55. The van der Waals surface area contributed by atoms with Crippen LogP contribution < -0.4 is 0 Å². The monoisotopic (exact) mass is 253 g/mol. The lowest BCUT2D eigenvalue weighted by molar-refractivity contribution is -0.143. The van der Waals surface area contributed by atoms with Crippen molar-refractivity contribution in [2.75, 3.05) is 19.6 Å². The van der Waals surface area contributed by atoms with Crippen molar-refractivity contribution in [3.05, 3.63) is 0 Å². The van der Waals surface area contributed by atoms with Gasteiger partial charge in [-0.1, -0.05) is 26.2 Å². The molecule has 18 heavy (non-hydrogen) atoms. The minimum atomic E-state index is -0.599. The van der Waals surface area contributed by atoms with E-state index in [0.717, 1.165) is 37.8 Å². The molecule has 2 fully saturated rings. The molecule has 2 atom stereocenters. The van der Waals surface area contributed by atoms with Gasteiger partial charge in [-0.15, -0.1) is 0 Å². The number of nitrogens with zero attached hydrogens (tertiary/aromatic N) is 1. The summed E-state index contributed by atoms with van der Waals surface area (Å²) in [7, 11) is 0. The first kappa shape index (κ1) is 13.9. The number of carboxylic acids is 1. The zero-order valence-electron chi connectivity index (χ0n) is 11.6. The van der Waals surface area contributed by atoms with Crippen LogP contribution in [0.3, 0.4) is 0 Å². The van der Waals surface area contributed by atoms with E-state index in [9.17, 15) is 4.79 Å². The lowest BCUT2D eigenvalue weighted by atomic mass is 9.79. The molecule has 1 saturated heterocycles. The number of hydrogen-bond donors (Lipinski definition) is 1. The van der Waals surface area contributed by atoms with Crippen LogP contribution in [-0.4, -0.2) is 35.6 Å². The summed E-state index contributed by atoms with van der Waals surface area (Å²) in [6, 6.07) is 0. The zero-order valence-corrected chi connectivity index (χ0v) is 11.6. The van der Waals surface area contributed by atoms with Crippen molar-refractivity contribution >= 4 is 5.97 Å². The Balaban J connectivity index is 1.72. The summed E-state index contributed by atoms with van der Waals surface area (Å²) in [5.41, 5.74) is 0. The largest absolute Gasteiger partial charge is 0.481 e. The van der Waals surface area contributed by atoms with Crippen molar-refractivity contribution in [3.63, 3.8) is 0 Å². The van der Waals surface area contributed by atoms with Gasteiger partial charge in [0, 0.05) is 6.54 Å². The average molecular weight is 253 g/mol. The van der Waals surface area contributed by atoms with Crippen LogP contribution in [0.5, 0.6) is 0 Å². The molecule has 0 amide bonds. The van der Waals surface area contributed by atoms with E-state index < -0.39 is 5.97 Å². The molecule has 0 aromatic carbocycles. The summed E-state index contributed by atoms with van der Waals surface area (Å²) < 4.78 is 0. The summed E-state index contributed by atoms with van der Waals surface area (Å²) in [6.45, 7) is 5.50. The molecule has 0 aromatic heterocycles. The molecule has 2 aliphatic rings. The highest BCUT2D eigenvalue weighted by atomic mass is 16.4. The highest BCUT2D eigenvalue weighted by Gasteiger charge is 2.27. The second-order valence-corrected chi connectivity index (χ2v) is 6.22. The number of piperidine rings is 1. The van der Waals surface area contributed by atoms with Gasteiger partial charge < -0.3 is 10.0 Å². The first-order valence-corrected chi connectivity index (χ1v) is 7.64. The van der Waals surface area contributed by atoms with E-state index in [-0.39, 0.29) is 5.92 Å². The number of hydrogen-bond acceptors (Lipinski definition) is 2. The quantitative estimate of drug-likeness (QED) is 0.837. The van der Waals surface area contributed by atoms with E-state index in [0.29, 0.717) is 0 Å². The molecular weight excluding hydrogens is 226 g/mol. The van der Waals surface area contributed by atoms with Crippen LogP contribution in [0, 0.1) is 17.8 Å². The van der Waals surface area contributed by atoms with Crippen LogP contribution in [0.1, 0.15) is 51.9 Å². The summed E-state index contributed by atoms with van der Waals surface area (Å²) in [5, 5.41) is 8.99. The maximum atomic E-state index is 10.9. The highest BCUT2D eigenvalue weighted by molar-refractivity contribution is 5.70. The fraction of sp³-hybridized carbons (Fsp3) is 0.933. The topological polar surface area (TPSA) is 40.5 Å². The van der Waals surface area contributed by atoms with Gasteiger partial charge in [-0.25, -0.2) is 0 Å². The molecule has 1 aliphatic heterocycles. The Morgan fingerprint density at radius 3 is 2.44 bits per heavy atom. The van der Waals surface area contributed by atoms with Crippen molar-refractivity contribution in [1.29, 1.82) is 0 Å². The molecule has 0 bridgehead atoms. The van der Waals surface area contributed by atoms with Crippen LogP contribution in [-0.2, 0) is 4.79 Å². The van der Waals surface area contributed by atoms with E-state index in [2.05, 4.69) is 11.8 Å². The van der Waals surface area contributed by atoms with Crippen LogP contribution in [0.4, 0.5) is 0 Å². The summed E-state index contributed by atoms with van der Waals surface area (Å²) in [4.78, 5) is 13.4. The number of rotatable bonds is 4. The SMILES string of the molecule is CCC1CCCC(CN2CCC(C(=O)O)CC2)C1. The Morgan fingerprint density at radius 2 is 1.83 bits per heavy atom. The minimum Gasteiger partial charge on any atom is -0.481 e. The van der Waals surface area contributed by atoms with Gasteiger partial charge >= 0.3 is 5.97 Å². The summed E-state index contributed by atoms with van der Waals surface area (Å²) in [5.74, 6) is 1.12. The molecule has 104 valence electrons. The summed E-state index contributed by atoms with van der Waals surface area (Å²) >= 11 is 0. The molecule has 0 aromatic rings. The maximum absolute atomic E-state index is 10.9. The van der Waals surface area contributed by atoms with Crippen LogP contribution in [0.25, 0.3) is 0 Å². The van der Waals surface area contributed by atoms with Crippen molar-refractivity contribution in [2.24, 2.45) is 17.8 Å². The molecule has 0 spiro atoms. The predicted molar refractivity (Wildman–Crippen MR) is 72.5 cm³/mol. The van der Waals surface area contributed by atoms with Crippen molar-refractivity contribution < 1.29 is 9.90 Å². The number of likely N-dealkylation sites (tertiary alicyclic amines) is 1. The standard InChI is InChI=1S/C15H27NO2/c1-2-12-4-3-5-13(10-12)11-16-8-6-14(7-9-16)15(17)18/h12-14H,2-11H2,1H3,(H,17,18). The molecule has 3 heteroatoms. The maximum Gasteiger partial charge on any atom is 0.306 e. The third kappa shape index (κ3) is 3.71. The molecule has 1 aliphatic carbocycles. The Bertz CT molecular complexity index is 272. The molecular formula is C15H27NO2. The first-order valence-electron chi connectivity index (χ1n) is 7.64. The van der Waals surface area contributed by atoms with Gasteiger partial charge in [0.15, 0.2) is 0 Å². The third-order valence-electron chi connectivity index (χ3n) is 4.92. The lowest BCUT2D eigenvalue weighted by Crippen LogP contribution is -2.39. The summed E-state index contributed by atoms with van der Waals surface area (Å²) in [6.07, 6.45) is 8.63. The molecule has 3 nitrogen and oxygen atoms in total. The fourth-order valence-corrected chi connectivity index (χ4v) is 3.67. The zero-order chi connectivity index (χ0) is 13.0. The van der Waals surface area contributed by atoms with Crippen LogP contribution >= 0.6 is 0 Å². The normalized spacial score (nSPS) is 31.4. The molecule has 2 unspecified atom stereocenters. The van der Waals surface area contributed by atoms with E-state index in [4.69, 9.17) is 5.11 Å². The molecule has 1 N–H and O–H groups in total. The van der Waals surface area contributed by atoms with Gasteiger partial charge in [-0.2, -0.15) is 0 Å². The smallest absolute Gasteiger partial charge is 0.306 e. The van der Waals surface area contributed by atoms with E-state index >= 15 is 0 Å². The molecule has 0 radical (unpaired) electrons. The number of aliphatic carboxylic acids is 1. The van der Waals surface area contributed by atoms with E-state index in [1.165, 1.54) is 38.6 Å². The van der Waals surface area contributed by atoms with Crippen molar-refractivity contribution in [2.45, 2.75) is 51.9 Å². The first-order chi connectivity index (χ1) is 8.69. The predicted octanol–water partition coefficient (Wildman–Crippen LogP) is 3.00. The third-order valence-corrected chi connectivity index (χ3v) is 4.92. The van der Waals surface area contributed by atoms with Gasteiger partial charge in [0.2, 0.25) is 0 Å². The van der Waals surface area contributed by atoms with Gasteiger partial charge in [-0.3, -0.25) is 4.79 Å². The van der Waals surface area contributed by atoms with Gasteiger partial charge in [0.1, 0.15) is 0 Å². The Labute approximate surface area is 111 Å². The highest BCUT2D eigenvalue weighted by Crippen LogP contribution is 2.32. The van der Waals surface area contributed by atoms with Gasteiger partial charge in [0.25, 0.3) is 0 Å². The van der Waals surface area contributed by atoms with Crippen LogP contribution in [0.15, 0.2) is 0 Å². The van der Waals surface area contributed by atoms with Crippen molar-refractivity contribution in [3.8, 4) is 0 Å². The Hall–Kier alpha value is -0.570. The fourth-order valence-electron chi connectivity index (χ4n) is 3.67. The Morgan fingerprint density at radius 1 is 1.17 bits per heavy atom. The van der Waals surface area contributed by atoms with E-state index in [1.807, 2.05) is 0 Å². The van der Waals surface area contributed by atoms with Crippen molar-refractivity contribution in [1.82, 2.24) is 4.90 Å². The average Bonchev–Trinajstić information content (AvgIpc) is 2.39. The number of carbonyl (C=O) groups is 1. The lowest BCUT2D eigenvalue weighted by Gasteiger charge is -2.36. The molecule has 1 saturated carbocycles. The van der Waals surface area contributed by atoms with E-state index in [1.54, 1.807) is 0 Å². The van der Waals surface area contributed by atoms with Gasteiger partial charge in [0.05, 0.1) is 5.92 Å². The van der Waals surface area contributed by atoms with Gasteiger partial charge in [-0.05, 0) is 50.6 Å². The second-order valence-electron chi connectivity index (χ2n) is 6.22. The molecule has 1 heterocycles.